The Morgan fingerprint density at radius 2 is 1.78 bits per heavy atom. The van der Waals surface area contributed by atoms with Crippen molar-refractivity contribution in [1.29, 1.82) is 0 Å². The maximum Gasteiger partial charge on any atom is 0.244 e. The highest BCUT2D eigenvalue weighted by molar-refractivity contribution is 5.91. The molecule has 0 saturated carbocycles. The second-order valence-electron chi connectivity index (χ2n) is 5.93. The van der Waals surface area contributed by atoms with E-state index in [2.05, 4.69) is 10.3 Å². The van der Waals surface area contributed by atoms with Crippen LogP contribution < -0.4 is 24.4 Å². The standard InChI is InChI=1S/C20H25N3O4/c1-23(2)18-8-6-15(12-21-18)13-22-19(24)9-7-14-10-16(25-3)20(27-5)17(11-14)26-4/h6-12H,13H2,1-5H3,(H,22,24)/b9-7+. The zero-order valence-corrected chi connectivity index (χ0v) is 16.3. The first-order valence-corrected chi connectivity index (χ1v) is 8.36. The van der Waals surface area contributed by atoms with Crippen molar-refractivity contribution in [3.63, 3.8) is 0 Å². The highest BCUT2D eigenvalue weighted by atomic mass is 16.5. The lowest BCUT2D eigenvalue weighted by molar-refractivity contribution is -0.116. The lowest BCUT2D eigenvalue weighted by atomic mass is 10.1. The fraction of sp³-hybridized carbons (Fsp3) is 0.300. The Morgan fingerprint density at radius 3 is 2.26 bits per heavy atom. The number of rotatable bonds is 8. The Labute approximate surface area is 159 Å². The van der Waals surface area contributed by atoms with Crippen LogP contribution in [0, 0.1) is 0 Å². The van der Waals surface area contributed by atoms with E-state index in [1.165, 1.54) is 6.08 Å². The van der Waals surface area contributed by atoms with Gasteiger partial charge in [-0.25, -0.2) is 4.98 Å². The van der Waals surface area contributed by atoms with Crippen LogP contribution in [0.1, 0.15) is 11.1 Å². The molecule has 0 radical (unpaired) electrons. The van der Waals surface area contributed by atoms with Crippen LogP contribution in [0.5, 0.6) is 17.2 Å². The summed E-state index contributed by atoms with van der Waals surface area (Å²) in [5, 5.41) is 2.83. The summed E-state index contributed by atoms with van der Waals surface area (Å²) in [5.74, 6) is 2.23. The number of anilines is 1. The number of pyridine rings is 1. The van der Waals surface area contributed by atoms with Crippen molar-refractivity contribution >= 4 is 17.8 Å². The predicted molar refractivity (Wildman–Crippen MR) is 106 cm³/mol. The van der Waals surface area contributed by atoms with Crippen molar-refractivity contribution in [2.45, 2.75) is 6.54 Å². The minimum atomic E-state index is -0.208. The minimum absolute atomic E-state index is 0.208. The molecule has 2 rings (SSSR count). The summed E-state index contributed by atoms with van der Waals surface area (Å²) in [4.78, 5) is 18.3. The number of nitrogens with one attached hydrogen (secondary N) is 1. The van der Waals surface area contributed by atoms with Gasteiger partial charge in [0.25, 0.3) is 0 Å². The lowest BCUT2D eigenvalue weighted by Gasteiger charge is -2.12. The zero-order valence-electron chi connectivity index (χ0n) is 16.3. The number of nitrogens with zero attached hydrogens (tertiary/aromatic N) is 2. The van der Waals surface area contributed by atoms with Crippen molar-refractivity contribution in [1.82, 2.24) is 10.3 Å². The van der Waals surface area contributed by atoms with Crippen LogP contribution >= 0.6 is 0 Å². The normalized spacial score (nSPS) is 10.6. The summed E-state index contributed by atoms with van der Waals surface area (Å²) in [6.45, 7) is 0.402. The van der Waals surface area contributed by atoms with Crippen LogP contribution in [-0.4, -0.2) is 46.3 Å². The summed E-state index contributed by atoms with van der Waals surface area (Å²) in [6.07, 6.45) is 4.90. The topological polar surface area (TPSA) is 72.9 Å². The third-order valence-electron chi connectivity index (χ3n) is 3.85. The van der Waals surface area contributed by atoms with Crippen LogP contribution in [0.4, 0.5) is 5.82 Å². The molecular weight excluding hydrogens is 346 g/mol. The zero-order chi connectivity index (χ0) is 19.8. The van der Waals surface area contributed by atoms with Gasteiger partial charge < -0.3 is 24.4 Å². The van der Waals surface area contributed by atoms with Gasteiger partial charge in [0.1, 0.15) is 5.82 Å². The van der Waals surface area contributed by atoms with Gasteiger partial charge in [0.2, 0.25) is 11.7 Å². The first-order chi connectivity index (χ1) is 13.0. The number of benzene rings is 1. The molecule has 2 aromatic rings. The second-order valence-corrected chi connectivity index (χ2v) is 5.93. The van der Waals surface area contributed by atoms with E-state index in [9.17, 15) is 4.79 Å². The number of amides is 1. The number of methoxy groups -OCH3 is 3. The molecule has 0 fully saturated rings. The van der Waals surface area contributed by atoms with Crippen molar-refractivity contribution in [3.05, 3.63) is 47.7 Å². The molecule has 7 heteroatoms. The third kappa shape index (κ3) is 5.37. The Kier molecular flexibility index (Phi) is 7.05. The molecule has 144 valence electrons. The quantitative estimate of drug-likeness (QED) is 0.719. The summed E-state index contributed by atoms with van der Waals surface area (Å²) in [6, 6.07) is 7.39. The number of hydrogen-bond donors (Lipinski definition) is 1. The van der Waals surface area contributed by atoms with Crippen molar-refractivity contribution in [2.75, 3.05) is 40.3 Å². The molecule has 0 aliphatic carbocycles. The van der Waals surface area contributed by atoms with Crippen molar-refractivity contribution in [2.24, 2.45) is 0 Å². The van der Waals surface area contributed by atoms with Gasteiger partial charge in [-0.1, -0.05) is 6.07 Å². The molecule has 1 amide bonds. The molecule has 0 spiro atoms. The van der Waals surface area contributed by atoms with E-state index in [1.807, 2.05) is 31.1 Å². The monoisotopic (exact) mass is 371 g/mol. The van der Waals surface area contributed by atoms with Gasteiger partial charge in [0.15, 0.2) is 11.5 Å². The molecule has 1 aromatic carbocycles. The Balaban J connectivity index is 2.01. The Hall–Kier alpha value is -3.22. The van der Waals surface area contributed by atoms with E-state index >= 15 is 0 Å². The molecule has 0 saturated heterocycles. The third-order valence-corrected chi connectivity index (χ3v) is 3.85. The van der Waals surface area contributed by atoms with E-state index in [-0.39, 0.29) is 5.91 Å². The fourth-order valence-corrected chi connectivity index (χ4v) is 2.40. The number of carbonyl (C=O) groups excluding carboxylic acids is 1. The van der Waals surface area contributed by atoms with E-state index < -0.39 is 0 Å². The maximum absolute atomic E-state index is 12.1. The first-order valence-electron chi connectivity index (χ1n) is 8.36. The molecule has 0 aliphatic heterocycles. The highest BCUT2D eigenvalue weighted by Gasteiger charge is 2.12. The van der Waals surface area contributed by atoms with Gasteiger partial charge in [-0.2, -0.15) is 0 Å². The maximum atomic E-state index is 12.1. The van der Waals surface area contributed by atoms with Gasteiger partial charge in [0.05, 0.1) is 21.3 Å². The number of carbonyl (C=O) groups is 1. The van der Waals surface area contributed by atoms with Gasteiger partial charge >= 0.3 is 0 Å². The van der Waals surface area contributed by atoms with E-state index in [0.717, 1.165) is 16.9 Å². The largest absolute Gasteiger partial charge is 0.493 e. The molecule has 1 heterocycles. The van der Waals surface area contributed by atoms with Crippen molar-refractivity contribution in [3.8, 4) is 17.2 Å². The van der Waals surface area contributed by atoms with Gasteiger partial charge in [-0.15, -0.1) is 0 Å². The Bertz CT molecular complexity index is 776. The molecule has 0 aliphatic rings. The SMILES string of the molecule is COc1cc(/C=C/C(=O)NCc2ccc(N(C)C)nc2)cc(OC)c1OC. The molecule has 7 nitrogen and oxygen atoms in total. The lowest BCUT2D eigenvalue weighted by Crippen LogP contribution is -2.20. The highest BCUT2D eigenvalue weighted by Crippen LogP contribution is 2.38. The molecule has 1 aromatic heterocycles. The number of aromatic nitrogens is 1. The second kappa shape index (κ2) is 9.47. The first kappa shape index (κ1) is 20.1. The Morgan fingerprint density at radius 1 is 1.11 bits per heavy atom. The minimum Gasteiger partial charge on any atom is -0.493 e. The van der Waals surface area contributed by atoms with Gasteiger partial charge in [0, 0.05) is 32.9 Å². The predicted octanol–water partition coefficient (Wildman–Crippen LogP) is 2.50. The molecule has 0 atom stereocenters. The van der Waals surface area contributed by atoms with Crippen LogP contribution in [0.15, 0.2) is 36.5 Å². The summed E-state index contributed by atoms with van der Waals surface area (Å²) >= 11 is 0. The molecule has 0 bridgehead atoms. The summed E-state index contributed by atoms with van der Waals surface area (Å²) in [7, 11) is 8.50. The average Bonchev–Trinajstić information content (AvgIpc) is 2.69. The molecule has 1 N–H and O–H groups in total. The smallest absolute Gasteiger partial charge is 0.244 e. The summed E-state index contributed by atoms with van der Waals surface area (Å²) < 4.78 is 15.9. The van der Waals surface area contributed by atoms with E-state index in [1.54, 1.807) is 45.7 Å². The van der Waals surface area contributed by atoms with Crippen LogP contribution in [0.3, 0.4) is 0 Å². The van der Waals surface area contributed by atoms with Crippen LogP contribution in [0.2, 0.25) is 0 Å². The average molecular weight is 371 g/mol. The molecule has 0 unspecified atom stereocenters. The number of hydrogen-bond acceptors (Lipinski definition) is 6. The van der Waals surface area contributed by atoms with Crippen LogP contribution in [0.25, 0.3) is 6.08 Å². The van der Waals surface area contributed by atoms with E-state index in [4.69, 9.17) is 14.2 Å². The number of ether oxygens (including phenoxy) is 3. The fourth-order valence-electron chi connectivity index (χ4n) is 2.40. The van der Waals surface area contributed by atoms with Crippen molar-refractivity contribution < 1.29 is 19.0 Å². The molecule has 27 heavy (non-hydrogen) atoms. The molecular formula is C20H25N3O4. The summed E-state index contributed by atoms with van der Waals surface area (Å²) in [5.41, 5.74) is 1.69. The van der Waals surface area contributed by atoms with Gasteiger partial charge in [-0.3, -0.25) is 4.79 Å². The van der Waals surface area contributed by atoms with Gasteiger partial charge in [-0.05, 0) is 35.4 Å². The van der Waals surface area contributed by atoms with E-state index in [0.29, 0.717) is 23.8 Å². The van der Waals surface area contributed by atoms with Crippen LogP contribution in [-0.2, 0) is 11.3 Å².